The molecule has 0 aliphatic carbocycles. The van der Waals surface area contributed by atoms with Gasteiger partial charge in [-0.2, -0.15) is 0 Å². The van der Waals surface area contributed by atoms with Gasteiger partial charge in [0.15, 0.2) is 0 Å². The summed E-state index contributed by atoms with van der Waals surface area (Å²) in [5, 5.41) is 11.2. The first-order valence-corrected chi connectivity index (χ1v) is 6.51. The number of hydrogen-bond donors (Lipinski definition) is 2. The molecule has 0 fully saturated rings. The monoisotopic (exact) mass is 273 g/mol. The summed E-state index contributed by atoms with van der Waals surface area (Å²) in [5.41, 5.74) is 8.02. The van der Waals surface area contributed by atoms with Crippen molar-refractivity contribution in [3.05, 3.63) is 47.0 Å². The van der Waals surface area contributed by atoms with E-state index in [1.54, 1.807) is 12.4 Å². The predicted molar refractivity (Wildman–Crippen MR) is 76.1 cm³/mol. The predicted octanol–water partition coefficient (Wildman–Crippen LogP) is 0.555. The molecule has 0 spiro atoms. The summed E-state index contributed by atoms with van der Waals surface area (Å²) in [6.45, 7) is 3.55. The minimum atomic E-state index is -0.394. The second-order valence-corrected chi connectivity index (χ2v) is 4.79. The van der Waals surface area contributed by atoms with Crippen LogP contribution in [-0.4, -0.2) is 27.2 Å². The van der Waals surface area contributed by atoms with Gasteiger partial charge in [0.1, 0.15) is 12.2 Å². The number of rotatable bonds is 6. The highest BCUT2D eigenvalue weighted by atomic mass is 16.1. The summed E-state index contributed by atoms with van der Waals surface area (Å²) < 4.78 is 1.91. The first kappa shape index (κ1) is 14.2. The zero-order chi connectivity index (χ0) is 14.5. The van der Waals surface area contributed by atoms with E-state index in [1.165, 1.54) is 0 Å². The van der Waals surface area contributed by atoms with Crippen molar-refractivity contribution in [1.82, 2.24) is 20.1 Å². The van der Waals surface area contributed by atoms with Crippen LogP contribution in [0.25, 0.3) is 0 Å². The Bertz CT molecular complexity index is 605. The minimum absolute atomic E-state index is 0.394. The van der Waals surface area contributed by atoms with Gasteiger partial charge in [0, 0.05) is 32.1 Å². The molecule has 1 aromatic heterocycles. The Morgan fingerprint density at radius 2 is 2.25 bits per heavy atom. The van der Waals surface area contributed by atoms with Gasteiger partial charge in [-0.05, 0) is 30.2 Å². The lowest BCUT2D eigenvalue weighted by Crippen LogP contribution is -2.19. The molecule has 3 N–H and O–H groups in total. The molecule has 0 radical (unpaired) electrons. The van der Waals surface area contributed by atoms with Crippen LogP contribution in [-0.2, 0) is 20.0 Å². The molecule has 6 nitrogen and oxygen atoms in total. The molecule has 1 amide bonds. The number of benzene rings is 1. The van der Waals surface area contributed by atoms with Crippen LogP contribution in [0.2, 0.25) is 0 Å². The Kier molecular flexibility index (Phi) is 4.47. The van der Waals surface area contributed by atoms with E-state index in [9.17, 15) is 4.79 Å². The highest BCUT2D eigenvalue weighted by Crippen LogP contribution is 2.10. The van der Waals surface area contributed by atoms with Crippen LogP contribution < -0.4 is 11.1 Å². The summed E-state index contributed by atoms with van der Waals surface area (Å²) in [6, 6.07) is 5.52. The number of aryl methyl sites for hydroxylation is 2. The standard InChI is InChI=1S/C14H19N5O/c1-10-7-11(14(15)20)3-4-12(10)8-16-6-5-13-18-17-9-19(13)2/h3-4,7,9,16H,5-6,8H2,1-2H3,(H2,15,20). The third-order valence-corrected chi connectivity index (χ3v) is 3.27. The van der Waals surface area contributed by atoms with Crippen molar-refractivity contribution in [1.29, 1.82) is 0 Å². The highest BCUT2D eigenvalue weighted by molar-refractivity contribution is 5.93. The molecule has 2 aromatic rings. The van der Waals surface area contributed by atoms with E-state index in [2.05, 4.69) is 15.5 Å². The van der Waals surface area contributed by atoms with E-state index in [1.807, 2.05) is 30.7 Å². The molecule has 106 valence electrons. The van der Waals surface area contributed by atoms with Crippen molar-refractivity contribution < 1.29 is 4.79 Å². The molecule has 1 aromatic carbocycles. The molecule has 2 rings (SSSR count). The van der Waals surface area contributed by atoms with Crippen molar-refractivity contribution in [3.8, 4) is 0 Å². The fourth-order valence-electron chi connectivity index (χ4n) is 2.00. The molecule has 0 atom stereocenters. The number of carbonyl (C=O) groups is 1. The molecular formula is C14H19N5O. The number of aromatic nitrogens is 3. The van der Waals surface area contributed by atoms with Gasteiger partial charge in [-0.3, -0.25) is 4.79 Å². The van der Waals surface area contributed by atoms with Gasteiger partial charge in [0.2, 0.25) is 5.91 Å². The van der Waals surface area contributed by atoms with E-state index in [0.29, 0.717) is 5.56 Å². The van der Waals surface area contributed by atoms with Crippen molar-refractivity contribution in [2.24, 2.45) is 12.8 Å². The maximum Gasteiger partial charge on any atom is 0.248 e. The Morgan fingerprint density at radius 3 is 2.85 bits per heavy atom. The molecule has 0 aliphatic rings. The Balaban J connectivity index is 1.85. The third kappa shape index (κ3) is 3.42. The lowest BCUT2D eigenvalue weighted by molar-refractivity contribution is 0.1000. The number of nitrogens with zero attached hydrogens (tertiary/aromatic N) is 3. The fourth-order valence-corrected chi connectivity index (χ4v) is 2.00. The van der Waals surface area contributed by atoms with Crippen LogP contribution >= 0.6 is 0 Å². The first-order valence-electron chi connectivity index (χ1n) is 6.51. The van der Waals surface area contributed by atoms with E-state index in [0.717, 1.165) is 36.5 Å². The SMILES string of the molecule is Cc1cc(C(N)=O)ccc1CNCCc1nncn1C. The number of amides is 1. The summed E-state index contributed by atoms with van der Waals surface area (Å²) in [7, 11) is 1.93. The number of nitrogens with one attached hydrogen (secondary N) is 1. The zero-order valence-electron chi connectivity index (χ0n) is 11.8. The van der Waals surface area contributed by atoms with E-state index in [-0.39, 0.29) is 0 Å². The summed E-state index contributed by atoms with van der Waals surface area (Å²) in [6.07, 6.45) is 2.52. The van der Waals surface area contributed by atoms with Gasteiger partial charge in [0.05, 0.1) is 0 Å². The quantitative estimate of drug-likeness (QED) is 0.753. The van der Waals surface area contributed by atoms with E-state index < -0.39 is 5.91 Å². The van der Waals surface area contributed by atoms with Crippen LogP contribution in [0.4, 0.5) is 0 Å². The zero-order valence-corrected chi connectivity index (χ0v) is 11.8. The van der Waals surface area contributed by atoms with Crippen LogP contribution in [0.3, 0.4) is 0 Å². The molecule has 0 saturated carbocycles. The van der Waals surface area contributed by atoms with Crippen LogP contribution in [0.5, 0.6) is 0 Å². The van der Waals surface area contributed by atoms with Gasteiger partial charge in [-0.1, -0.05) is 6.07 Å². The summed E-state index contributed by atoms with van der Waals surface area (Å²) >= 11 is 0. The number of carbonyl (C=O) groups excluding carboxylic acids is 1. The highest BCUT2D eigenvalue weighted by Gasteiger charge is 2.04. The molecule has 1 heterocycles. The molecular weight excluding hydrogens is 254 g/mol. The van der Waals surface area contributed by atoms with Gasteiger partial charge in [-0.25, -0.2) is 0 Å². The first-order chi connectivity index (χ1) is 9.58. The molecule has 6 heteroatoms. The lowest BCUT2D eigenvalue weighted by Gasteiger charge is -2.08. The van der Waals surface area contributed by atoms with Crippen LogP contribution in [0.15, 0.2) is 24.5 Å². The maximum absolute atomic E-state index is 11.1. The van der Waals surface area contributed by atoms with Crippen molar-refractivity contribution in [2.45, 2.75) is 19.9 Å². The third-order valence-electron chi connectivity index (χ3n) is 3.27. The molecule has 0 unspecified atom stereocenters. The van der Waals surface area contributed by atoms with E-state index in [4.69, 9.17) is 5.73 Å². The Hall–Kier alpha value is -2.21. The normalized spacial score (nSPS) is 10.7. The van der Waals surface area contributed by atoms with Crippen LogP contribution in [0.1, 0.15) is 27.3 Å². The lowest BCUT2D eigenvalue weighted by atomic mass is 10.0. The average molecular weight is 273 g/mol. The van der Waals surface area contributed by atoms with Gasteiger partial charge in [0.25, 0.3) is 0 Å². The number of nitrogens with two attached hydrogens (primary N) is 1. The molecule has 20 heavy (non-hydrogen) atoms. The minimum Gasteiger partial charge on any atom is -0.366 e. The molecule has 0 saturated heterocycles. The Labute approximate surface area is 118 Å². The number of primary amides is 1. The molecule has 0 bridgehead atoms. The van der Waals surface area contributed by atoms with Gasteiger partial charge >= 0.3 is 0 Å². The van der Waals surface area contributed by atoms with Crippen LogP contribution in [0, 0.1) is 6.92 Å². The van der Waals surface area contributed by atoms with Crippen molar-refractivity contribution >= 4 is 5.91 Å². The maximum atomic E-state index is 11.1. The largest absolute Gasteiger partial charge is 0.366 e. The topological polar surface area (TPSA) is 85.8 Å². The van der Waals surface area contributed by atoms with Crippen molar-refractivity contribution in [3.63, 3.8) is 0 Å². The number of hydrogen-bond acceptors (Lipinski definition) is 4. The van der Waals surface area contributed by atoms with Crippen molar-refractivity contribution in [2.75, 3.05) is 6.54 Å². The second kappa shape index (κ2) is 6.29. The molecule has 0 aliphatic heterocycles. The smallest absolute Gasteiger partial charge is 0.248 e. The summed E-state index contributed by atoms with van der Waals surface area (Å²) in [4.78, 5) is 11.1. The second-order valence-electron chi connectivity index (χ2n) is 4.79. The average Bonchev–Trinajstić information content (AvgIpc) is 2.81. The Morgan fingerprint density at radius 1 is 1.45 bits per heavy atom. The van der Waals surface area contributed by atoms with Gasteiger partial charge < -0.3 is 15.6 Å². The van der Waals surface area contributed by atoms with Gasteiger partial charge in [-0.15, -0.1) is 10.2 Å². The summed E-state index contributed by atoms with van der Waals surface area (Å²) in [5.74, 6) is 0.563. The fraction of sp³-hybridized carbons (Fsp3) is 0.357. The van der Waals surface area contributed by atoms with E-state index >= 15 is 0 Å².